The second-order valence-electron chi connectivity index (χ2n) is 12.6. The van der Waals surface area contributed by atoms with Gasteiger partial charge in [0.25, 0.3) is 5.91 Å². The molecule has 2 bridgehead atoms. The average Bonchev–Trinajstić information content (AvgIpc) is 3.62. The Bertz CT molecular complexity index is 1630. The normalized spacial score (nSPS) is 26.6. The van der Waals surface area contributed by atoms with Crippen LogP contribution in [0.4, 0.5) is 5.69 Å². The second kappa shape index (κ2) is 12.5. The lowest BCUT2D eigenvalue weighted by atomic mass is 9.66. The Balaban J connectivity index is 1.39. The Morgan fingerprint density at radius 3 is 2.40 bits per heavy atom. The molecule has 6 rings (SSSR count). The molecule has 3 aromatic rings. The predicted molar refractivity (Wildman–Crippen MR) is 181 cm³/mol. The number of aliphatic hydroxyl groups is 1. The zero-order chi connectivity index (χ0) is 31.8. The van der Waals surface area contributed by atoms with E-state index in [1.165, 1.54) is 0 Å². The number of rotatable bonds is 12. The summed E-state index contributed by atoms with van der Waals surface area (Å²) in [6, 6.07) is 23.0. The number of hydrogen-bond acceptors (Lipinski definition) is 5. The molecule has 3 fully saturated rings. The summed E-state index contributed by atoms with van der Waals surface area (Å²) >= 11 is 1.67. The number of hydrogen-bond donors (Lipinski definition) is 1. The first-order valence-corrected chi connectivity index (χ1v) is 16.6. The van der Waals surface area contributed by atoms with Crippen LogP contribution in [0.2, 0.25) is 0 Å². The summed E-state index contributed by atoms with van der Waals surface area (Å²) in [7, 11) is 0. The van der Waals surface area contributed by atoms with Gasteiger partial charge in [0, 0.05) is 43.2 Å². The summed E-state index contributed by atoms with van der Waals surface area (Å²) in [5, 5.41) is 11.9. The van der Waals surface area contributed by atoms with E-state index in [1.807, 2.05) is 72.8 Å². The molecule has 0 aromatic heterocycles. The average molecular weight is 624 g/mol. The number of anilines is 1. The molecule has 1 spiro atoms. The lowest BCUT2D eigenvalue weighted by Crippen LogP contribution is -2.55. The Hall–Kier alpha value is -3.88. The quantitative estimate of drug-likeness (QED) is 0.272. The first-order chi connectivity index (χ1) is 21.8. The van der Waals surface area contributed by atoms with Crippen molar-refractivity contribution in [3.8, 4) is 0 Å². The van der Waals surface area contributed by atoms with E-state index in [2.05, 4.69) is 20.1 Å². The van der Waals surface area contributed by atoms with Crippen molar-refractivity contribution in [1.82, 2.24) is 9.80 Å². The smallest absolute Gasteiger partial charge is 0.251 e. The summed E-state index contributed by atoms with van der Waals surface area (Å²) < 4.78 is -1.23. The van der Waals surface area contributed by atoms with Crippen LogP contribution in [-0.4, -0.2) is 74.4 Å². The number of amides is 3. The number of benzene rings is 3. The Morgan fingerprint density at radius 2 is 1.69 bits per heavy atom. The van der Waals surface area contributed by atoms with Crippen molar-refractivity contribution in [3.05, 3.63) is 104 Å². The molecule has 3 aliphatic heterocycles. The van der Waals surface area contributed by atoms with Gasteiger partial charge in [0.05, 0.1) is 16.6 Å². The van der Waals surface area contributed by atoms with Gasteiger partial charge >= 0.3 is 0 Å². The number of likely N-dealkylation sites (tertiary alicyclic amines) is 1. The lowest BCUT2D eigenvalue weighted by molar-refractivity contribution is -0.145. The molecule has 3 heterocycles. The molecule has 3 aliphatic rings. The summed E-state index contributed by atoms with van der Waals surface area (Å²) in [6.45, 7) is 11.2. The van der Waals surface area contributed by atoms with Crippen LogP contribution in [0, 0.1) is 11.8 Å². The number of fused-ring (bicyclic) bond motifs is 2. The molecule has 5 atom stereocenters. The number of carbonyl (C=O) groups excluding carboxylic acids is 3. The SMILES string of the molecule is C=CCN(Cc1ccccc1)C(=O)[C@H]1[C@H]2C(=O)N(CCCO)C(C(=O)N(CC=C)c3ccc4ccccc4c3)C23CC[C@]1(C)S3. The molecule has 7 nitrogen and oxygen atoms in total. The monoisotopic (exact) mass is 623 g/mol. The van der Waals surface area contributed by atoms with E-state index in [1.54, 1.807) is 38.6 Å². The minimum Gasteiger partial charge on any atom is -0.396 e. The number of thioether (sulfide) groups is 1. The van der Waals surface area contributed by atoms with Crippen LogP contribution in [-0.2, 0) is 20.9 Å². The maximum Gasteiger partial charge on any atom is 0.251 e. The first kappa shape index (κ1) is 31.1. The van der Waals surface area contributed by atoms with Crippen LogP contribution >= 0.6 is 11.8 Å². The van der Waals surface area contributed by atoms with Crippen molar-refractivity contribution in [2.24, 2.45) is 11.8 Å². The molecule has 0 saturated carbocycles. The summed E-state index contributed by atoms with van der Waals surface area (Å²) in [6.07, 6.45) is 5.19. The summed E-state index contributed by atoms with van der Waals surface area (Å²) in [5.41, 5.74) is 1.75. The maximum absolute atomic E-state index is 14.9. The molecule has 2 unspecified atom stereocenters. The highest BCUT2D eigenvalue weighted by atomic mass is 32.2. The third-order valence-electron chi connectivity index (χ3n) is 9.83. The van der Waals surface area contributed by atoms with Crippen LogP contribution in [0.1, 0.15) is 31.7 Å². The Labute approximate surface area is 269 Å². The van der Waals surface area contributed by atoms with E-state index in [9.17, 15) is 19.5 Å². The van der Waals surface area contributed by atoms with Gasteiger partial charge in [0.15, 0.2) is 0 Å². The van der Waals surface area contributed by atoms with Gasteiger partial charge in [-0.05, 0) is 54.7 Å². The topological polar surface area (TPSA) is 81.2 Å². The molecular formula is C37H41N3O4S. The molecule has 8 heteroatoms. The van der Waals surface area contributed by atoms with Gasteiger partial charge in [0.1, 0.15) is 6.04 Å². The van der Waals surface area contributed by atoms with Crippen molar-refractivity contribution in [1.29, 1.82) is 0 Å². The Morgan fingerprint density at radius 1 is 0.978 bits per heavy atom. The number of nitrogens with zero attached hydrogens (tertiary/aromatic N) is 3. The van der Waals surface area contributed by atoms with Crippen molar-refractivity contribution in [3.63, 3.8) is 0 Å². The van der Waals surface area contributed by atoms with E-state index in [0.29, 0.717) is 25.9 Å². The fourth-order valence-corrected chi connectivity index (χ4v) is 10.2. The lowest BCUT2D eigenvalue weighted by Gasteiger charge is -2.38. The largest absolute Gasteiger partial charge is 0.396 e. The standard InChI is InChI=1S/C37H41N3O4S/c1-4-20-38(25-26-12-7-6-8-13-26)33(42)30-31-34(43)40(22-11-23-41)32(37(31)19-18-36(30,3)45-37)35(44)39(21-5-2)29-17-16-27-14-9-10-15-28(27)24-29/h4-10,12-17,24,30-32,41H,1-2,11,18-23,25H2,3H3/t30-,31+,32?,36+,37?/m1/s1. The van der Waals surface area contributed by atoms with Gasteiger partial charge in [0.2, 0.25) is 11.8 Å². The van der Waals surface area contributed by atoms with Crippen LogP contribution in [0.5, 0.6) is 0 Å². The molecular weight excluding hydrogens is 582 g/mol. The zero-order valence-corrected chi connectivity index (χ0v) is 26.6. The number of carbonyl (C=O) groups is 3. The minimum absolute atomic E-state index is 0.0682. The van der Waals surface area contributed by atoms with Gasteiger partial charge in [-0.2, -0.15) is 0 Å². The van der Waals surface area contributed by atoms with Crippen molar-refractivity contribution in [2.75, 3.05) is 31.1 Å². The molecule has 3 amide bonds. The zero-order valence-electron chi connectivity index (χ0n) is 25.8. The Kier molecular flexibility index (Phi) is 8.63. The minimum atomic E-state index is -0.764. The summed E-state index contributed by atoms with van der Waals surface area (Å²) in [5.74, 6) is -1.61. The van der Waals surface area contributed by atoms with Crippen LogP contribution < -0.4 is 4.90 Å². The van der Waals surface area contributed by atoms with Gasteiger partial charge in [-0.15, -0.1) is 24.9 Å². The highest BCUT2D eigenvalue weighted by molar-refractivity contribution is 8.02. The predicted octanol–water partition coefficient (Wildman–Crippen LogP) is 5.44. The maximum atomic E-state index is 14.9. The van der Waals surface area contributed by atoms with E-state index < -0.39 is 27.4 Å². The van der Waals surface area contributed by atoms with E-state index in [0.717, 1.165) is 28.4 Å². The van der Waals surface area contributed by atoms with Gasteiger partial charge in [-0.25, -0.2) is 0 Å². The van der Waals surface area contributed by atoms with Gasteiger partial charge in [-0.1, -0.05) is 72.8 Å². The van der Waals surface area contributed by atoms with Crippen molar-refractivity contribution in [2.45, 2.75) is 48.3 Å². The van der Waals surface area contributed by atoms with Crippen molar-refractivity contribution < 1.29 is 19.5 Å². The molecule has 3 aromatic carbocycles. The summed E-state index contributed by atoms with van der Waals surface area (Å²) in [4.78, 5) is 49.1. The van der Waals surface area contributed by atoms with E-state index in [4.69, 9.17) is 0 Å². The molecule has 0 radical (unpaired) electrons. The van der Waals surface area contributed by atoms with E-state index in [-0.39, 0.29) is 37.4 Å². The van der Waals surface area contributed by atoms with Gasteiger partial charge < -0.3 is 19.8 Å². The van der Waals surface area contributed by atoms with Crippen LogP contribution in [0.3, 0.4) is 0 Å². The fraction of sp³-hybridized carbons (Fsp3) is 0.378. The third kappa shape index (κ3) is 5.28. The highest BCUT2D eigenvalue weighted by Gasteiger charge is 2.77. The molecule has 1 N–H and O–H groups in total. The van der Waals surface area contributed by atoms with Gasteiger partial charge in [-0.3, -0.25) is 14.4 Å². The molecule has 3 saturated heterocycles. The molecule has 0 aliphatic carbocycles. The first-order valence-electron chi connectivity index (χ1n) is 15.7. The van der Waals surface area contributed by atoms with Crippen LogP contribution in [0.15, 0.2) is 98.1 Å². The fourth-order valence-electron chi connectivity index (χ4n) is 7.90. The highest BCUT2D eigenvalue weighted by Crippen LogP contribution is 2.71. The molecule has 234 valence electrons. The van der Waals surface area contributed by atoms with Crippen molar-refractivity contribution >= 4 is 45.9 Å². The third-order valence-corrected chi connectivity index (χ3v) is 11.8. The number of aliphatic hydroxyl groups excluding tert-OH is 1. The second-order valence-corrected chi connectivity index (χ2v) is 14.5. The van der Waals surface area contributed by atoms with Crippen LogP contribution in [0.25, 0.3) is 10.8 Å². The molecule has 45 heavy (non-hydrogen) atoms. The van der Waals surface area contributed by atoms with E-state index >= 15 is 0 Å².